The number of carbonyl (C=O) groups excluding carboxylic acids is 1. The third kappa shape index (κ3) is 3.19. The molecule has 0 aliphatic heterocycles. The van der Waals surface area contributed by atoms with Gasteiger partial charge in [-0.2, -0.15) is 13.5 Å². The second-order valence-corrected chi connectivity index (χ2v) is 8.82. The Labute approximate surface area is 155 Å². The number of sulfonamides is 1. The summed E-state index contributed by atoms with van der Waals surface area (Å²) in [5.74, 6) is -0.794. The zero-order chi connectivity index (χ0) is 19.3. The molecule has 0 saturated heterocycles. The van der Waals surface area contributed by atoms with Crippen LogP contribution in [-0.4, -0.2) is 33.5 Å². The van der Waals surface area contributed by atoms with Crippen LogP contribution in [-0.2, 0) is 22.5 Å². The molecule has 8 nitrogen and oxygen atoms in total. The highest BCUT2D eigenvalue weighted by Gasteiger charge is 2.29. The van der Waals surface area contributed by atoms with Crippen LogP contribution in [0.1, 0.15) is 37.0 Å². The van der Waals surface area contributed by atoms with Crippen molar-refractivity contribution in [2.75, 3.05) is 0 Å². The van der Waals surface area contributed by atoms with E-state index in [1.165, 1.54) is 15.3 Å². The zero-order valence-corrected chi connectivity index (χ0v) is 16.3. The molecule has 138 valence electrons. The van der Waals surface area contributed by atoms with Crippen molar-refractivity contribution in [3.8, 4) is 0 Å². The van der Waals surface area contributed by atoms with E-state index in [-0.39, 0.29) is 21.3 Å². The third-order valence-electron chi connectivity index (χ3n) is 3.81. The first-order valence-corrected chi connectivity index (χ1v) is 9.61. The molecule has 0 fully saturated rings. The molecule has 26 heavy (non-hydrogen) atoms. The minimum atomic E-state index is -4.24. The smallest absolute Gasteiger partial charge is 0.283 e. The largest absolute Gasteiger partial charge is 0.288 e. The van der Waals surface area contributed by atoms with Gasteiger partial charge in [-0.15, -0.1) is 0 Å². The molecule has 3 rings (SSSR count). The summed E-state index contributed by atoms with van der Waals surface area (Å²) < 4.78 is 30.1. The Hall–Kier alpha value is -2.39. The van der Waals surface area contributed by atoms with Crippen LogP contribution in [0.4, 0.5) is 0 Å². The first-order valence-electron chi connectivity index (χ1n) is 7.75. The molecule has 10 heteroatoms. The molecule has 1 amide bonds. The van der Waals surface area contributed by atoms with Crippen molar-refractivity contribution in [2.24, 2.45) is 7.05 Å². The summed E-state index contributed by atoms with van der Waals surface area (Å²) in [6.07, 6.45) is 1.51. The van der Waals surface area contributed by atoms with Gasteiger partial charge < -0.3 is 0 Å². The average molecular weight is 396 g/mol. The van der Waals surface area contributed by atoms with Gasteiger partial charge in [0.2, 0.25) is 0 Å². The quantitative estimate of drug-likeness (QED) is 0.732. The van der Waals surface area contributed by atoms with Gasteiger partial charge in [0.25, 0.3) is 15.9 Å². The van der Waals surface area contributed by atoms with Gasteiger partial charge in [0.15, 0.2) is 10.2 Å². The number of pyridine rings is 1. The molecule has 0 spiro atoms. The molecule has 3 aromatic rings. The fourth-order valence-corrected chi connectivity index (χ4v) is 4.06. The number of halogens is 1. The molecular formula is C16H18ClN5O3S. The Kier molecular flexibility index (Phi) is 4.32. The first-order chi connectivity index (χ1) is 12.0. The zero-order valence-electron chi connectivity index (χ0n) is 14.7. The van der Waals surface area contributed by atoms with E-state index in [0.717, 1.165) is 0 Å². The van der Waals surface area contributed by atoms with Crippen molar-refractivity contribution < 1.29 is 13.2 Å². The number of nitrogens with zero attached hydrogens (tertiary/aromatic N) is 4. The van der Waals surface area contributed by atoms with E-state index < -0.39 is 15.9 Å². The number of aryl methyl sites for hydroxylation is 1. The molecule has 0 atom stereocenters. The van der Waals surface area contributed by atoms with E-state index in [4.69, 9.17) is 11.6 Å². The molecule has 0 radical (unpaired) electrons. The fourth-order valence-electron chi connectivity index (χ4n) is 2.45. The lowest BCUT2D eigenvalue weighted by atomic mass is 9.92. The van der Waals surface area contributed by atoms with Crippen molar-refractivity contribution in [3.63, 3.8) is 0 Å². The molecule has 0 saturated carbocycles. The maximum atomic E-state index is 12.7. The van der Waals surface area contributed by atoms with Crippen LogP contribution >= 0.6 is 11.6 Å². The van der Waals surface area contributed by atoms with Crippen molar-refractivity contribution in [1.82, 2.24) is 23.9 Å². The molecule has 3 aromatic heterocycles. The lowest BCUT2D eigenvalue weighted by molar-refractivity contribution is 0.0972. The molecule has 0 bridgehead atoms. The highest BCUT2D eigenvalue weighted by Crippen LogP contribution is 2.24. The minimum absolute atomic E-state index is 0.128. The van der Waals surface area contributed by atoms with E-state index in [1.54, 1.807) is 31.3 Å². The van der Waals surface area contributed by atoms with Crippen LogP contribution in [0.5, 0.6) is 0 Å². The normalized spacial score (nSPS) is 12.5. The van der Waals surface area contributed by atoms with Crippen LogP contribution in [0, 0.1) is 0 Å². The maximum Gasteiger partial charge on any atom is 0.283 e. The van der Waals surface area contributed by atoms with Crippen LogP contribution in [0.2, 0.25) is 5.15 Å². The number of amides is 1. The highest BCUT2D eigenvalue weighted by atomic mass is 35.5. The second kappa shape index (κ2) is 6.10. The summed E-state index contributed by atoms with van der Waals surface area (Å²) in [6, 6.07) is 6.53. The Balaban J connectivity index is 1.99. The van der Waals surface area contributed by atoms with Gasteiger partial charge in [0.05, 0.1) is 5.69 Å². The number of nitrogens with one attached hydrogen (secondary N) is 1. The fraction of sp³-hybridized carbons (Fsp3) is 0.312. The van der Waals surface area contributed by atoms with Gasteiger partial charge in [-0.25, -0.2) is 9.71 Å². The molecular weight excluding hydrogens is 378 g/mol. The van der Waals surface area contributed by atoms with Gasteiger partial charge in [0.1, 0.15) is 11.3 Å². The molecule has 0 aliphatic carbocycles. The van der Waals surface area contributed by atoms with E-state index in [1.807, 2.05) is 25.5 Å². The summed E-state index contributed by atoms with van der Waals surface area (Å²) in [5, 5.41) is 3.78. The summed E-state index contributed by atoms with van der Waals surface area (Å²) in [6.45, 7) is 5.85. The van der Waals surface area contributed by atoms with Crippen molar-refractivity contribution in [3.05, 3.63) is 47.0 Å². The van der Waals surface area contributed by atoms with Crippen molar-refractivity contribution >= 4 is 33.2 Å². The Morgan fingerprint density at radius 3 is 2.58 bits per heavy atom. The van der Waals surface area contributed by atoms with E-state index >= 15 is 0 Å². The predicted octanol–water partition coefficient (Wildman–Crippen LogP) is 2.14. The number of carbonyl (C=O) groups is 1. The van der Waals surface area contributed by atoms with Crippen LogP contribution < -0.4 is 4.72 Å². The van der Waals surface area contributed by atoms with Gasteiger partial charge in [-0.3, -0.25) is 13.9 Å². The summed E-state index contributed by atoms with van der Waals surface area (Å²) >= 11 is 6.00. The number of rotatable bonds is 3. The number of hydrogen-bond donors (Lipinski definition) is 1. The average Bonchev–Trinajstić information content (AvgIpc) is 3.05. The van der Waals surface area contributed by atoms with Gasteiger partial charge >= 0.3 is 0 Å². The second-order valence-electron chi connectivity index (χ2n) is 6.86. The van der Waals surface area contributed by atoms with Crippen LogP contribution in [0.3, 0.4) is 0 Å². The Bertz CT molecular complexity index is 1110. The highest BCUT2D eigenvalue weighted by molar-refractivity contribution is 7.90. The van der Waals surface area contributed by atoms with Gasteiger partial charge in [-0.05, 0) is 18.2 Å². The van der Waals surface area contributed by atoms with E-state index in [2.05, 4.69) is 10.1 Å². The van der Waals surface area contributed by atoms with Crippen LogP contribution in [0.25, 0.3) is 5.65 Å². The first kappa shape index (κ1) is 18.4. The van der Waals surface area contributed by atoms with Crippen molar-refractivity contribution in [1.29, 1.82) is 0 Å². The monoisotopic (exact) mass is 395 g/mol. The minimum Gasteiger partial charge on any atom is -0.288 e. The van der Waals surface area contributed by atoms with E-state index in [9.17, 15) is 13.2 Å². The number of hydrogen-bond acceptors (Lipinski definition) is 5. The molecule has 3 heterocycles. The Morgan fingerprint density at radius 1 is 1.27 bits per heavy atom. The lowest BCUT2D eigenvalue weighted by Gasteiger charge is -2.13. The number of fused-ring (bicyclic) bond motifs is 1. The molecule has 1 N–H and O–H groups in total. The molecule has 0 aliphatic rings. The number of imidazole rings is 1. The standard InChI is InChI=1S/C16H18ClN5O3S/c1-16(2,3)11-9-10(21(4)19-11)14(23)20-26(24,25)15-13(17)18-12-7-5-6-8-22(12)15/h5-9H,1-4H3,(H,20,23). The van der Waals surface area contributed by atoms with Crippen molar-refractivity contribution in [2.45, 2.75) is 31.2 Å². The summed E-state index contributed by atoms with van der Waals surface area (Å²) in [4.78, 5) is 16.5. The maximum absolute atomic E-state index is 12.7. The summed E-state index contributed by atoms with van der Waals surface area (Å²) in [7, 11) is -2.66. The van der Waals surface area contributed by atoms with Crippen LogP contribution in [0.15, 0.2) is 35.5 Å². The third-order valence-corrected chi connectivity index (χ3v) is 5.54. The van der Waals surface area contributed by atoms with Gasteiger partial charge in [0, 0.05) is 18.7 Å². The Morgan fingerprint density at radius 2 is 1.96 bits per heavy atom. The molecule has 0 aromatic carbocycles. The lowest BCUT2D eigenvalue weighted by Crippen LogP contribution is -2.32. The van der Waals surface area contributed by atoms with E-state index in [0.29, 0.717) is 11.3 Å². The SMILES string of the molecule is Cn1nc(C(C)(C)C)cc1C(=O)NS(=O)(=O)c1c(Cl)nc2ccccn12. The number of aromatic nitrogens is 4. The molecule has 0 unspecified atom stereocenters. The summed E-state index contributed by atoms with van der Waals surface area (Å²) in [5.41, 5.74) is 0.889. The predicted molar refractivity (Wildman–Crippen MR) is 96.8 cm³/mol. The van der Waals surface area contributed by atoms with Gasteiger partial charge in [-0.1, -0.05) is 38.4 Å². The topological polar surface area (TPSA) is 98.4 Å².